The van der Waals surface area contributed by atoms with Crippen molar-refractivity contribution >= 4 is 5.96 Å². The van der Waals surface area contributed by atoms with E-state index in [0.29, 0.717) is 6.54 Å². The highest BCUT2D eigenvalue weighted by Crippen LogP contribution is 2.07. The lowest BCUT2D eigenvalue weighted by atomic mass is 10.1. The fourth-order valence-corrected chi connectivity index (χ4v) is 1.87. The van der Waals surface area contributed by atoms with E-state index in [-0.39, 0.29) is 0 Å². The normalized spacial score (nSPS) is 11.8. The number of hydrogen-bond acceptors (Lipinski definition) is 2. The van der Waals surface area contributed by atoms with Crippen LogP contribution in [0.5, 0.6) is 0 Å². The van der Waals surface area contributed by atoms with Crippen molar-refractivity contribution in [1.29, 1.82) is 0 Å². The number of guanidine groups is 1. The van der Waals surface area contributed by atoms with Crippen molar-refractivity contribution < 1.29 is 0 Å². The van der Waals surface area contributed by atoms with Crippen LogP contribution in [-0.4, -0.2) is 38.0 Å². The molecule has 2 N–H and O–H groups in total. The average Bonchev–Trinajstić information content (AvgIpc) is 2.43. The van der Waals surface area contributed by atoms with Crippen molar-refractivity contribution in [3.63, 3.8) is 0 Å². The van der Waals surface area contributed by atoms with E-state index in [9.17, 15) is 0 Å². The van der Waals surface area contributed by atoms with Crippen molar-refractivity contribution in [2.45, 2.75) is 33.4 Å². The second-order valence-electron chi connectivity index (χ2n) is 5.18. The van der Waals surface area contributed by atoms with E-state index in [1.54, 1.807) is 0 Å². The van der Waals surface area contributed by atoms with Crippen LogP contribution in [0.3, 0.4) is 0 Å². The topological polar surface area (TPSA) is 39.7 Å². The van der Waals surface area contributed by atoms with E-state index in [0.717, 1.165) is 32.0 Å². The molecule has 0 heterocycles. The van der Waals surface area contributed by atoms with Gasteiger partial charge in [-0.2, -0.15) is 0 Å². The highest BCUT2D eigenvalue weighted by molar-refractivity contribution is 5.79. The fraction of sp³-hybridized carbons (Fsp3) is 0.562. The molecule has 20 heavy (non-hydrogen) atoms. The number of benzene rings is 1. The first-order valence-corrected chi connectivity index (χ1v) is 7.40. The molecule has 4 nitrogen and oxygen atoms in total. The van der Waals surface area contributed by atoms with Crippen LogP contribution in [-0.2, 0) is 13.1 Å². The third-order valence-corrected chi connectivity index (χ3v) is 2.83. The SMILES string of the molecule is CCCNC(=NCc1ccc(CN(C)C)cc1)NCC. The van der Waals surface area contributed by atoms with Crippen molar-refractivity contribution in [1.82, 2.24) is 15.5 Å². The average molecular weight is 276 g/mol. The molecule has 0 bridgehead atoms. The highest BCUT2D eigenvalue weighted by Gasteiger charge is 1.98. The monoisotopic (exact) mass is 276 g/mol. The molecule has 0 unspecified atom stereocenters. The van der Waals surface area contributed by atoms with Gasteiger partial charge in [0.25, 0.3) is 0 Å². The number of nitrogens with one attached hydrogen (secondary N) is 2. The zero-order valence-corrected chi connectivity index (χ0v) is 13.2. The molecule has 0 amide bonds. The van der Waals surface area contributed by atoms with Gasteiger partial charge in [0.2, 0.25) is 0 Å². The molecule has 0 aliphatic rings. The second kappa shape index (κ2) is 9.37. The summed E-state index contributed by atoms with van der Waals surface area (Å²) < 4.78 is 0. The minimum absolute atomic E-state index is 0.710. The zero-order chi connectivity index (χ0) is 14.8. The van der Waals surface area contributed by atoms with Gasteiger partial charge in [-0.3, -0.25) is 0 Å². The van der Waals surface area contributed by atoms with Crippen LogP contribution in [0.25, 0.3) is 0 Å². The van der Waals surface area contributed by atoms with Gasteiger partial charge >= 0.3 is 0 Å². The van der Waals surface area contributed by atoms with Crippen LogP contribution in [0, 0.1) is 0 Å². The van der Waals surface area contributed by atoms with E-state index in [2.05, 4.69) is 72.7 Å². The standard InChI is InChI=1S/C16H28N4/c1-5-11-18-16(17-6-2)19-12-14-7-9-15(10-8-14)13-20(3)4/h7-10H,5-6,11-13H2,1-4H3,(H2,17,18,19). The van der Waals surface area contributed by atoms with E-state index < -0.39 is 0 Å². The van der Waals surface area contributed by atoms with Crippen LogP contribution >= 0.6 is 0 Å². The van der Waals surface area contributed by atoms with E-state index in [1.807, 2.05) is 0 Å². The van der Waals surface area contributed by atoms with Crippen LogP contribution in [0.15, 0.2) is 29.3 Å². The summed E-state index contributed by atoms with van der Waals surface area (Å²) in [6.07, 6.45) is 1.10. The molecule has 0 fully saturated rings. The molecule has 1 rings (SSSR count). The Kier molecular flexibility index (Phi) is 7.73. The van der Waals surface area contributed by atoms with E-state index in [4.69, 9.17) is 0 Å². The predicted molar refractivity (Wildman–Crippen MR) is 86.9 cm³/mol. The molecule has 0 saturated heterocycles. The maximum atomic E-state index is 4.60. The van der Waals surface area contributed by atoms with Crippen LogP contribution < -0.4 is 10.6 Å². The summed E-state index contributed by atoms with van der Waals surface area (Å²) in [6.45, 7) is 7.76. The number of rotatable bonds is 7. The van der Waals surface area contributed by atoms with Gasteiger partial charge in [0.1, 0.15) is 0 Å². The lowest BCUT2D eigenvalue weighted by Crippen LogP contribution is -2.37. The molecule has 0 saturated carbocycles. The summed E-state index contributed by atoms with van der Waals surface area (Å²) in [5, 5.41) is 6.57. The molecule has 1 aromatic rings. The lowest BCUT2D eigenvalue weighted by molar-refractivity contribution is 0.402. The predicted octanol–water partition coefficient (Wildman–Crippen LogP) is 2.21. The van der Waals surface area contributed by atoms with Crippen LogP contribution in [0.2, 0.25) is 0 Å². The molecule has 112 valence electrons. The number of nitrogens with zero attached hydrogens (tertiary/aromatic N) is 2. The van der Waals surface area contributed by atoms with Gasteiger partial charge in [-0.05, 0) is 38.6 Å². The first kappa shape index (κ1) is 16.5. The zero-order valence-electron chi connectivity index (χ0n) is 13.2. The van der Waals surface area contributed by atoms with Gasteiger partial charge in [-0.25, -0.2) is 4.99 Å². The smallest absolute Gasteiger partial charge is 0.191 e. The quantitative estimate of drug-likeness (QED) is 0.592. The van der Waals surface area contributed by atoms with E-state index >= 15 is 0 Å². The molecule has 0 aliphatic carbocycles. The molecule has 0 atom stereocenters. The maximum Gasteiger partial charge on any atom is 0.191 e. The molecule has 0 radical (unpaired) electrons. The maximum absolute atomic E-state index is 4.60. The highest BCUT2D eigenvalue weighted by atomic mass is 15.2. The van der Waals surface area contributed by atoms with Crippen LogP contribution in [0.1, 0.15) is 31.4 Å². The van der Waals surface area contributed by atoms with Gasteiger partial charge in [0.05, 0.1) is 6.54 Å². The molecular weight excluding hydrogens is 248 g/mol. The lowest BCUT2D eigenvalue weighted by Gasteiger charge is -2.11. The minimum Gasteiger partial charge on any atom is -0.357 e. The summed E-state index contributed by atoms with van der Waals surface area (Å²) >= 11 is 0. The van der Waals surface area contributed by atoms with Gasteiger partial charge < -0.3 is 15.5 Å². The third-order valence-electron chi connectivity index (χ3n) is 2.83. The van der Waals surface area contributed by atoms with Crippen LogP contribution in [0.4, 0.5) is 0 Å². The summed E-state index contributed by atoms with van der Waals surface area (Å²) in [6, 6.07) is 8.67. The Balaban J connectivity index is 2.57. The van der Waals surface area contributed by atoms with Gasteiger partial charge in [0, 0.05) is 19.6 Å². The molecule has 0 aliphatic heterocycles. The Morgan fingerprint density at radius 1 is 1.05 bits per heavy atom. The van der Waals surface area contributed by atoms with Gasteiger partial charge in [-0.15, -0.1) is 0 Å². The van der Waals surface area contributed by atoms with Crippen molar-refractivity contribution in [3.8, 4) is 0 Å². The Labute approximate surface area is 123 Å². The Hall–Kier alpha value is -1.55. The van der Waals surface area contributed by atoms with E-state index in [1.165, 1.54) is 11.1 Å². The Morgan fingerprint density at radius 3 is 2.25 bits per heavy atom. The van der Waals surface area contributed by atoms with Gasteiger partial charge in [-0.1, -0.05) is 31.2 Å². The summed E-state index contributed by atoms with van der Waals surface area (Å²) in [5.74, 6) is 0.895. The Bertz CT molecular complexity index is 395. The summed E-state index contributed by atoms with van der Waals surface area (Å²) in [5.41, 5.74) is 2.57. The molecular formula is C16H28N4. The number of hydrogen-bond donors (Lipinski definition) is 2. The second-order valence-corrected chi connectivity index (χ2v) is 5.18. The summed E-state index contributed by atoms with van der Waals surface area (Å²) in [7, 11) is 4.17. The summed E-state index contributed by atoms with van der Waals surface area (Å²) in [4.78, 5) is 6.77. The molecule has 1 aromatic carbocycles. The van der Waals surface area contributed by atoms with Gasteiger partial charge in [0.15, 0.2) is 5.96 Å². The Morgan fingerprint density at radius 2 is 1.70 bits per heavy atom. The molecule has 0 spiro atoms. The first-order valence-electron chi connectivity index (χ1n) is 7.40. The van der Waals surface area contributed by atoms with Crippen molar-refractivity contribution in [3.05, 3.63) is 35.4 Å². The molecule has 4 heteroatoms. The third kappa shape index (κ3) is 6.57. The number of aliphatic imine (C=N–C) groups is 1. The van der Waals surface area contributed by atoms with Crippen molar-refractivity contribution in [2.75, 3.05) is 27.2 Å². The minimum atomic E-state index is 0.710. The molecule has 0 aromatic heterocycles. The fourth-order valence-electron chi connectivity index (χ4n) is 1.87. The largest absolute Gasteiger partial charge is 0.357 e. The first-order chi connectivity index (χ1) is 9.65. The van der Waals surface area contributed by atoms with Crippen molar-refractivity contribution in [2.24, 2.45) is 4.99 Å².